The van der Waals surface area contributed by atoms with Crippen LogP contribution in [0.3, 0.4) is 0 Å². The number of likely N-dealkylation sites (tertiary alicyclic amines) is 1. The number of rotatable bonds is 7. The molecule has 1 atom stereocenters. The van der Waals surface area contributed by atoms with Gasteiger partial charge in [-0.2, -0.15) is 0 Å². The first-order chi connectivity index (χ1) is 8.56. The lowest BCUT2D eigenvalue weighted by Crippen LogP contribution is -2.43. The van der Waals surface area contributed by atoms with Crippen LogP contribution in [0.4, 0.5) is 0 Å². The van der Waals surface area contributed by atoms with Crippen molar-refractivity contribution in [1.82, 2.24) is 10.2 Å². The third-order valence-corrected chi connectivity index (χ3v) is 3.61. The van der Waals surface area contributed by atoms with E-state index in [2.05, 4.69) is 19.2 Å². The van der Waals surface area contributed by atoms with Crippen LogP contribution in [0.25, 0.3) is 0 Å². The van der Waals surface area contributed by atoms with Crippen LogP contribution in [0.15, 0.2) is 0 Å². The van der Waals surface area contributed by atoms with Gasteiger partial charge in [0.2, 0.25) is 5.91 Å². The maximum absolute atomic E-state index is 11.9. The standard InChI is InChI=1S/C13H24N2O3/c1-3-10(4-2)14-12(16)9-15-7-5-6-11(15)8-13(17)18/h10-11H,3-9H2,1-2H3,(H,14,16)(H,17,18). The average molecular weight is 256 g/mol. The largest absolute Gasteiger partial charge is 0.481 e. The fourth-order valence-corrected chi connectivity index (χ4v) is 2.49. The molecule has 104 valence electrons. The molecule has 0 aromatic rings. The molecule has 1 unspecified atom stereocenters. The second-order valence-electron chi connectivity index (χ2n) is 4.95. The van der Waals surface area contributed by atoms with Crippen molar-refractivity contribution in [2.75, 3.05) is 13.1 Å². The minimum absolute atomic E-state index is 0.0148. The SMILES string of the molecule is CCC(CC)NC(=O)CN1CCCC1CC(=O)O. The van der Waals surface area contributed by atoms with Crippen molar-refractivity contribution in [1.29, 1.82) is 0 Å². The summed E-state index contributed by atoms with van der Waals surface area (Å²) in [5.41, 5.74) is 0. The van der Waals surface area contributed by atoms with Gasteiger partial charge in [0.15, 0.2) is 0 Å². The van der Waals surface area contributed by atoms with Gasteiger partial charge in [0.1, 0.15) is 0 Å². The molecule has 0 bridgehead atoms. The fraction of sp³-hybridized carbons (Fsp3) is 0.846. The molecule has 1 fully saturated rings. The van der Waals surface area contributed by atoms with Gasteiger partial charge in [-0.05, 0) is 32.2 Å². The van der Waals surface area contributed by atoms with Crippen LogP contribution in [0.1, 0.15) is 46.0 Å². The van der Waals surface area contributed by atoms with E-state index >= 15 is 0 Å². The maximum Gasteiger partial charge on any atom is 0.304 e. The van der Waals surface area contributed by atoms with E-state index in [4.69, 9.17) is 5.11 Å². The highest BCUT2D eigenvalue weighted by Gasteiger charge is 2.28. The molecule has 1 amide bonds. The molecule has 0 radical (unpaired) electrons. The Morgan fingerprint density at radius 2 is 2.06 bits per heavy atom. The van der Waals surface area contributed by atoms with E-state index in [0.29, 0.717) is 6.54 Å². The fourth-order valence-electron chi connectivity index (χ4n) is 2.49. The first-order valence-electron chi connectivity index (χ1n) is 6.82. The number of nitrogens with zero attached hydrogens (tertiary/aromatic N) is 1. The minimum Gasteiger partial charge on any atom is -0.481 e. The van der Waals surface area contributed by atoms with Gasteiger partial charge in [-0.3, -0.25) is 14.5 Å². The molecule has 1 rings (SSSR count). The van der Waals surface area contributed by atoms with Crippen LogP contribution < -0.4 is 5.32 Å². The number of carboxylic acid groups (broad SMARTS) is 1. The third kappa shape index (κ3) is 4.64. The monoisotopic (exact) mass is 256 g/mol. The van der Waals surface area contributed by atoms with Gasteiger partial charge in [-0.15, -0.1) is 0 Å². The van der Waals surface area contributed by atoms with Crippen LogP contribution in [0, 0.1) is 0 Å². The number of nitrogens with one attached hydrogen (secondary N) is 1. The molecule has 5 nitrogen and oxygen atoms in total. The van der Waals surface area contributed by atoms with Crippen molar-refractivity contribution in [3.63, 3.8) is 0 Å². The lowest BCUT2D eigenvalue weighted by molar-refractivity contribution is -0.138. The molecule has 1 aliphatic rings. The summed E-state index contributed by atoms with van der Waals surface area (Å²) in [5, 5.41) is 11.8. The molecule has 0 aliphatic carbocycles. The van der Waals surface area contributed by atoms with E-state index in [-0.39, 0.29) is 24.4 Å². The summed E-state index contributed by atoms with van der Waals surface area (Å²) in [6.07, 6.45) is 3.86. The summed E-state index contributed by atoms with van der Waals surface area (Å²) in [5.74, 6) is -0.770. The zero-order valence-electron chi connectivity index (χ0n) is 11.3. The normalized spacial score (nSPS) is 20.3. The van der Waals surface area contributed by atoms with E-state index in [9.17, 15) is 9.59 Å². The number of carboxylic acids is 1. The van der Waals surface area contributed by atoms with Crippen LogP contribution in [0.2, 0.25) is 0 Å². The van der Waals surface area contributed by atoms with Crippen molar-refractivity contribution < 1.29 is 14.7 Å². The summed E-state index contributed by atoms with van der Waals surface area (Å²) in [6, 6.07) is 0.257. The topological polar surface area (TPSA) is 69.6 Å². The zero-order chi connectivity index (χ0) is 13.5. The second-order valence-corrected chi connectivity index (χ2v) is 4.95. The van der Waals surface area contributed by atoms with Crippen molar-refractivity contribution in [3.8, 4) is 0 Å². The first kappa shape index (κ1) is 15.0. The van der Waals surface area contributed by atoms with Gasteiger partial charge in [0.05, 0.1) is 13.0 Å². The van der Waals surface area contributed by atoms with E-state index < -0.39 is 5.97 Å². The smallest absolute Gasteiger partial charge is 0.304 e. The Bertz CT molecular complexity index is 290. The molecule has 1 aliphatic heterocycles. The van der Waals surface area contributed by atoms with Crippen LogP contribution >= 0.6 is 0 Å². The number of carbonyl (C=O) groups is 2. The Labute approximate surface area is 109 Å². The molecular formula is C13H24N2O3. The Balaban J connectivity index is 2.40. The van der Waals surface area contributed by atoms with Gasteiger partial charge >= 0.3 is 5.97 Å². The highest BCUT2D eigenvalue weighted by Crippen LogP contribution is 2.19. The van der Waals surface area contributed by atoms with Crippen LogP contribution in [-0.2, 0) is 9.59 Å². The van der Waals surface area contributed by atoms with Crippen molar-refractivity contribution in [2.45, 2.75) is 58.0 Å². The summed E-state index contributed by atoms with van der Waals surface area (Å²) in [6.45, 7) is 5.26. The first-order valence-corrected chi connectivity index (χ1v) is 6.82. The van der Waals surface area contributed by atoms with Gasteiger partial charge in [0.25, 0.3) is 0 Å². The summed E-state index contributed by atoms with van der Waals surface area (Å²) in [4.78, 5) is 24.6. The Hall–Kier alpha value is -1.10. The van der Waals surface area contributed by atoms with Crippen LogP contribution in [-0.4, -0.2) is 47.1 Å². The molecule has 0 aromatic heterocycles. The van der Waals surface area contributed by atoms with Crippen LogP contribution in [0.5, 0.6) is 0 Å². The number of hydrogen-bond acceptors (Lipinski definition) is 3. The van der Waals surface area contributed by atoms with Gasteiger partial charge in [-0.1, -0.05) is 13.8 Å². The molecule has 18 heavy (non-hydrogen) atoms. The molecule has 5 heteroatoms. The third-order valence-electron chi connectivity index (χ3n) is 3.61. The Morgan fingerprint density at radius 3 is 2.61 bits per heavy atom. The van der Waals surface area contributed by atoms with Crippen molar-refractivity contribution in [2.24, 2.45) is 0 Å². The number of aliphatic carboxylic acids is 1. The second kappa shape index (κ2) is 7.36. The average Bonchev–Trinajstić information content (AvgIpc) is 2.72. The number of hydrogen-bond donors (Lipinski definition) is 2. The lowest BCUT2D eigenvalue weighted by Gasteiger charge is -2.24. The molecular weight excluding hydrogens is 232 g/mol. The molecule has 0 saturated carbocycles. The van der Waals surface area contributed by atoms with E-state index in [1.54, 1.807) is 0 Å². The highest BCUT2D eigenvalue weighted by molar-refractivity contribution is 5.78. The van der Waals surface area contributed by atoms with Gasteiger partial charge in [-0.25, -0.2) is 0 Å². The van der Waals surface area contributed by atoms with Crippen molar-refractivity contribution >= 4 is 11.9 Å². The van der Waals surface area contributed by atoms with E-state index in [0.717, 1.165) is 32.2 Å². The summed E-state index contributed by atoms with van der Waals surface area (Å²) < 4.78 is 0. The lowest BCUT2D eigenvalue weighted by atomic mass is 10.1. The summed E-state index contributed by atoms with van der Waals surface area (Å²) in [7, 11) is 0. The molecule has 1 heterocycles. The Kier molecular flexibility index (Phi) is 6.12. The predicted octanol–water partition coefficient (Wildman–Crippen LogP) is 1.23. The zero-order valence-corrected chi connectivity index (χ0v) is 11.3. The highest BCUT2D eigenvalue weighted by atomic mass is 16.4. The maximum atomic E-state index is 11.9. The molecule has 2 N–H and O–H groups in total. The quantitative estimate of drug-likeness (QED) is 0.719. The van der Waals surface area contributed by atoms with Gasteiger partial charge in [0, 0.05) is 12.1 Å². The number of amides is 1. The Morgan fingerprint density at radius 1 is 1.39 bits per heavy atom. The van der Waals surface area contributed by atoms with E-state index in [1.807, 2.05) is 4.90 Å². The van der Waals surface area contributed by atoms with Crippen molar-refractivity contribution in [3.05, 3.63) is 0 Å². The summed E-state index contributed by atoms with van der Waals surface area (Å²) >= 11 is 0. The molecule has 0 spiro atoms. The van der Waals surface area contributed by atoms with E-state index in [1.165, 1.54) is 0 Å². The molecule has 0 aromatic carbocycles. The molecule has 1 saturated heterocycles. The predicted molar refractivity (Wildman–Crippen MR) is 69.4 cm³/mol. The number of carbonyl (C=O) groups excluding carboxylic acids is 1. The van der Waals surface area contributed by atoms with Gasteiger partial charge < -0.3 is 10.4 Å². The minimum atomic E-state index is -0.785.